The number of nitrogens with two attached hydrogens (primary N) is 1. The number of aromatic nitrogens is 2. The fourth-order valence-corrected chi connectivity index (χ4v) is 1.41. The standard InChI is InChI=1S/C10H5ClF2N4O3/c11-9-8(14)10(16-3-15-9)20-7-2-4(12)6(17(18)19)1-5(7)13/h1-3H,14H2. The lowest BCUT2D eigenvalue weighted by Gasteiger charge is -2.08. The first kappa shape index (κ1) is 13.9. The zero-order chi connectivity index (χ0) is 14.9. The van der Waals surface area contributed by atoms with Crippen molar-refractivity contribution in [3.63, 3.8) is 0 Å². The number of halogens is 3. The van der Waals surface area contributed by atoms with Crippen molar-refractivity contribution in [2.24, 2.45) is 0 Å². The molecule has 0 radical (unpaired) electrons. The Hall–Kier alpha value is -2.55. The third-order valence-electron chi connectivity index (χ3n) is 2.20. The van der Waals surface area contributed by atoms with Gasteiger partial charge < -0.3 is 10.5 Å². The maximum atomic E-state index is 13.6. The van der Waals surface area contributed by atoms with E-state index < -0.39 is 28.0 Å². The molecular formula is C10H5ClF2N4O3. The van der Waals surface area contributed by atoms with Crippen molar-refractivity contribution in [1.82, 2.24) is 9.97 Å². The lowest BCUT2D eigenvalue weighted by molar-refractivity contribution is -0.387. The summed E-state index contributed by atoms with van der Waals surface area (Å²) in [5.74, 6) is -3.32. The van der Waals surface area contributed by atoms with Crippen LogP contribution >= 0.6 is 11.6 Å². The maximum Gasteiger partial charge on any atom is 0.307 e. The Morgan fingerprint density at radius 3 is 2.65 bits per heavy atom. The van der Waals surface area contributed by atoms with E-state index in [4.69, 9.17) is 22.1 Å². The second-order valence-corrected chi connectivity index (χ2v) is 3.83. The predicted molar refractivity (Wildman–Crippen MR) is 64.5 cm³/mol. The number of nitro benzene ring substituents is 1. The summed E-state index contributed by atoms with van der Waals surface area (Å²) < 4.78 is 31.9. The van der Waals surface area contributed by atoms with E-state index >= 15 is 0 Å². The van der Waals surface area contributed by atoms with Gasteiger partial charge in [-0.1, -0.05) is 11.6 Å². The van der Waals surface area contributed by atoms with E-state index in [1.165, 1.54) is 0 Å². The van der Waals surface area contributed by atoms with Crippen LogP contribution in [0.2, 0.25) is 5.15 Å². The topological polar surface area (TPSA) is 104 Å². The number of nitrogen functional groups attached to an aromatic ring is 1. The van der Waals surface area contributed by atoms with Crippen LogP contribution in [0.25, 0.3) is 0 Å². The van der Waals surface area contributed by atoms with Gasteiger partial charge in [-0.15, -0.1) is 0 Å². The van der Waals surface area contributed by atoms with Crippen LogP contribution in [0.1, 0.15) is 0 Å². The molecular weight excluding hydrogens is 298 g/mol. The van der Waals surface area contributed by atoms with E-state index in [1.807, 2.05) is 0 Å². The Kier molecular flexibility index (Phi) is 3.61. The van der Waals surface area contributed by atoms with Crippen LogP contribution in [0.5, 0.6) is 11.6 Å². The SMILES string of the molecule is Nc1c(Cl)ncnc1Oc1cc(F)c([N+](=O)[O-])cc1F. The zero-order valence-electron chi connectivity index (χ0n) is 9.51. The van der Waals surface area contributed by atoms with Gasteiger partial charge in [-0.05, 0) is 0 Å². The number of anilines is 1. The van der Waals surface area contributed by atoms with E-state index in [2.05, 4.69) is 9.97 Å². The van der Waals surface area contributed by atoms with Crippen molar-refractivity contribution in [1.29, 1.82) is 0 Å². The fraction of sp³-hybridized carbons (Fsp3) is 0. The van der Waals surface area contributed by atoms with Gasteiger partial charge in [-0.25, -0.2) is 9.37 Å². The van der Waals surface area contributed by atoms with Crippen molar-refractivity contribution in [2.75, 3.05) is 5.73 Å². The predicted octanol–water partition coefficient (Wildman–Crippen LogP) is 2.69. The van der Waals surface area contributed by atoms with Gasteiger partial charge in [0.2, 0.25) is 11.7 Å². The molecule has 0 atom stereocenters. The summed E-state index contributed by atoms with van der Waals surface area (Å²) in [6.07, 6.45) is 1.01. The first-order valence-electron chi connectivity index (χ1n) is 4.97. The molecule has 1 heterocycles. The van der Waals surface area contributed by atoms with Gasteiger partial charge in [0, 0.05) is 6.07 Å². The van der Waals surface area contributed by atoms with Crippen LogP contribution < -0.4 is 10.5 Å². The van der Waals surface area contributed by atoms with E-state index in [-0.39, 0.29) is 16.7 Å². The number of hydrogen-bond donors (Lipinski definition) is 1. The maximum absolute atomic E-state index is 13.6. The molecule has 2 rings (SSSR count). The lowest BCUT2D eigenvalue weighted by Crippen LogP contribution is -2.00. The smallest absolute Gasteiger partial charge is 0.307 e. The van der Waals surface area contributed by atoms with Crippen LogP contribution in [0.3, 0.4) is 0 Å². The average molecular weight is 303 g/mol. The monoisotopic (exact) mass is 302 g/mol. The van der Waals surface area contributed by atoms with Crippen molar-refractivity contribution >= 4 is 23.0 Å². The first-order chi connectivity index (χ1) is 9.40. The molecule has 0 unspecified atom stereocenters. The number of rotatable bonds is 3. The minimum Gasteiger partial charge on any atom is -0.434 e. The Balaban J connectivity index is 2.42. The van der Waals surface area contributed by atoms with Crippen molar-refractivity contribution in [2.45, 2.75) is 0 Å². The Morgan fingerprint density at radius 2 is 2.00 bits per heavy atom. The Labute approximate surface area is 115 Å². The molecule has 104 valence electrons. The molecule has 20 heavy (non-hydrogen) atoms. The van der Waals surface area contributed by atoms with Crippen LogP contribution in [0, 0.1) is 21.7 Å². The molecule has 7 nitrogen and oxygen atoms in total. The average Bonchev–Trinajstić information content (AvgIpc) is 2.38. The molecule has 0 aliphatic rings. The number of hydrogen-bond acceptors (Lipinski definition) is 6. The van der Waals surface area contributed by atoms with Crippen LogP contribution in [-0.4, -0.2) is 14.9 Å². The fourth-order valence-electron chi connectivity index (χ4n) is 1.28. The summed E-state index contributed by atoms with van der Waals surface area (Å²) in [6, 6.07) is 0.909. The second kappa shape index (κ2) is 5.21. The molecule has 2 aromatic rings. The number of ether oxygens (including phenoxy) is 1. The highest BCUT2D eigenvalue weighted by atomic mass is 35.5. The normalized spacial score (nSPS) is 10.3. The minimum absolute atomic E-state index is 0.127. The van der Waals surface area contributed by atoms with Crippen LogP contribution in [-0.2, 0) is 0 Å². The molecule has 0 bridgehead atoms. The lowest BCUT2D eigenvalue weighted by atomic mass is 10.3. The highest BCUT2D eigenvalue weighted by Crippen LogP contribution is 2.33. The van der Waals surface area contributed by atoms with E-state index in [1.54, 1.807) is 0 Å². The minimum atomic E-state index is -1.26. The second-order valence-electron chi connectivity index (χ2n) is 3.48. The molecule has 0 fully saturated rings. The molecule has 0 saturated carbocycles. The molecule has 2 N–H and O–H groups in total. The first-order valence-corrected chi connectivity index (χ1v) is 5.35. The van der Waals surface area contributed by atoms with E-state index in [0.29, 0.717) is 12.1 Å². The van der Waals surface area contributed by atoms with Crippen molar-refractivity contribution in [3.8, 4) is 11.6 Å². The Morgan fingerprint density at radius 1 is 1.30 bits per heavy atom. The van der Waals surface area contributed by atoms with Gasteiger partial charge in [0.25, 0.3) is 0 Å². The van der Waals surface area contributed by atoms with E-state index in [0.717, 1.165) is 6.33 Å². The van der Waals surface area contributed by atoms with Gasteiger partial charge in [-0.2, -0.15) is 9.37 Å². The number of nitrogens with zero attached hydrogens (tertiary/aromatic N) is 3. The van der Waals surface area contributed by atoms with Gasteiger partial charge in [0.15, 0.2) is 16.7 Å². The Bertz CT molecular complexity index is 698. The molecule has 0 amide bonds. The molecule has 1 aromatic carbocycles. The summed E-state index contributed by atoms with van der Waals surface area (Å²) in [4.78, 5) is 16.5. The summed E-state index contributed by atoms with van der Waals surface area (Å²) in [5.41, 5.74) is 4.31. The summed E-state index contributed by atoms with van der Waals surface area (Å²) in [5, 5.41) is 10.3. The van der Waals surface area contributed by atoms with Crippen molar-refractivity contribution < 1.29 is 18.4 Å². The molecule has 0 spiro atoms. The molecule has 0 aliphatic heterocycles. The molecule has 0 saturated heterocycles. The third-order valence-corrected chi connectivity index (χ3v) is 2.50. The summed E-state index contributed by atoms with van der Waals surface area (Å²) in [7, 11) is 0. The van der Waals surface area contributed by atoms with Gasteiger partial charge >= 0.3 is 5.69 Å². The highest BCUT2D eigenvalue weighted by Gasteiger charge is 2.20. The van der Waals surface area contributed by atoms with E-state index in [9.17, 15) is 18.9 Å². The third kappa shape index (κ3) is 2.57. The van der Waals surface area contributed by atoms with Crippen molar-refractivity contribution in [3.05, 3.63) is 45.4 Å². The van der Waals surface area contributed by atoms with Gasteiger partial charge in [0.05, 0.1) is 11.0 Å². The quantitative estimate of drug-likeness (QED) is 0.531. The molecule has 0 aliphatic carbocycles. The van der Waals surface area contributed by atoms with Gasteiger partial charge in [-0.3, -0.25) is 10.1 Å². The van der Waals surface area contributed by atoms with Crippen LogP contribution in [0.15, 0.2) is 18.5 Å². The summed E-state index contributed by atoms with van der Waals surface area (Å²) in [6.45, 7) is 0. The van der Waals surface area contributed by atoms with Gasteiger partial charge in [0.1, 0.15) is 12.0 Å². The summed E-state index contributed by atoms with van der Waals surface area (Å²) >= 11 is 5.60. The number of nitro groups is 1. The molecule has 1 aromatic heterocycles. The molecule has 10 heteroatoms. The number of benzene rings is 1. The highest BCUT2D eigenvalue weighted by molar-refractivity contribution is 6.32. The zero-order valence-corrected chi connectivity index (χ0v) is 10.3. The largest absolute Gasteiger partial charge is 0.434 e. The van der Waals surface area contributed by atoms with Crippen LogP contribution in [0.4, 0.5) is 20.2 Å².